The SMILES string of the molecule is O=C(O)c1cccc(CN2CCC(CNC(=O)c3ccc4c(c3)nc(-c3ccoc3)n4C3CCCCC3)CC2)c1. The lowest BCUT2D eigenvalue weighted by atomic mass is 9.95. The smallest absolute Gasteiger partial charge is 0.335 e. The highest BCUT2D eigenvalue weighted by Crippen LogP contribution is 2.36. The maximum Gasteiger partial charge on any atom is 0.335 e. The van der Waals surface area contributed by atoms with Crippen LogP contribution < -0.4 is 5.32 Å². The molecule has 2 N–H and O–H groups in total. The minimum Gasteiger partial charge on any atom is -0.478 e. The highest BCUT2D eigenvalue weighted by atomic mass is 16.4. The topological polar surface area (TPSA) is 101 Å². The van der Waals surface area contributed by atoms with E-state index in [1.807, 2.05) is 30.3 Å². The van der Waals surface area contributed by atoms with Crippen LogP contribution in [0.2, 0.25) is 0 Å². The molecule has 1 saturated heterocycles. The van der Waals surface area contributed by atoms with Gasteiger partial charge in [0.15, 0.2) is 0 Å². The average Bonchev–Trinajstić information content (AvgIpc) is 3.65. The number of hydrogen-bond acceptors (Lipinski definition) is 5. The summed E-state index contributed by atoms with van der Waals surface area (Å²) in [5.74, 6) is 0.375. The van der Waals surface area contributed by atoms with Crippen LogP contribution in [0.25, 0.3) is 22.4 Å². The van der Waals surface area contributed by atoms with Crippen LogP contribution in [0, 0.1) is 5.92 Å². The highest BCUT2D eigenvalue weighted by Gasteiger charge is 2.24. The van der Waals surface area contributed by atoms with Gasteiger partial charge in [0.2, 0.25) is 0 Å². The van der Waals surface area contributed by atoms with Crippen molar-refractivity contribution in [3.05, 3.63) is 77.7 Å². The number of amides is 1. The lowest BCUT2D eigenvalue weighted by Gasteiger charge is -2.32. The number of nitrogens with zero attached hydrogens (tertiary/aromatic N) is 3. The van der Waals surface area contributed by atoms with Crippen LogP contribution in [0.4, 0.5) is 0 Å². The number of likely N-dealkylation sites (tertiary alicyclic amines) is 1. The van der Waals surface area contributed by atoms with E-state index in [0.717, 1.165) is 73.3 Å². The molecule has 0 spiro atoms. The van der Waals surface area contributed by atoms with E-state index >= 15 is 0 Å². The van der Waals surface area contributed by atoms with Crippen LogP contribution in [0.5, 0.6) is 0 Å². The van der Waals surface area contributed by atoms with E-state index in [1.165, 1.54) is 19.3 Å². The van der Waals surface area contributed by atoms with Gasteiger partial charge in [-0.15, -0.1) is 0 Å². The fourth-order valence-electron chi connectivity index (χ4n) is 6.29. The predicted octanol–water partition coefficient (Wildman–Crippen LogP) is 6.14. The number of aromatic carboxylic acids is 1. The summed E-state index contributed by atoms with van der Waals surface area (Å²) in [5, 5.41) is 12.4. The first-order chi connectivity index (χ1) is 19.5. The number of carboxylic acids is 1. The van der Waals surface area contributed by atoms with Crippen molar-refractivity contribution >= 4 is 22.9 Å². The molecule has 0 atom stereocenters. The normalized spacial score (nSPS) is 17.3. The second-order valence-corrected chi connectivity index (χ2v) is 11.2. The van der Waals surface area contributed by atoms with Gasteiger partial charge in [0.25, 0.3) is 5.91 Å². The summed E-state index contributed by atoms with van der Waals surface area (Å²) < 4.78 is 7.72. The fourth-order valence-corrected chi connectivity index (χ4v) is 6.29. The van der Waals surface area contributed by atoms with Crippen LogP contribution in [-0.4, -0.2) is 51.1 Å². The summed E-state index contributed by atoms with van der Waals surface area (Å²) in [5.41, 5.74) is 4.86. The maximum atomic E-state index is 13.1. The van der Waals surface area contributed by atoms with Crippen molar-refractivity contribution in [1.82, 2.24) is 19.8 Å². The minimum absolute atomic E-state index is 0.0631. The van der Waals surface area contributed by atoms with Gasteiger partial charge >= 0.3 is 5.97 Å². The molecule has 2 aromatic heterocycles. The maximum absolute atomic E-state index is 13.1. The molecule has 0 unspecified atom stereocenters. The molecule has 4 aromatic rings. The Kier molecular flexibility index (Phi) is 7.68. The molecule has 1 aliphatic carbocycles. The van der Waals surface area contributed by atoms with Crippen LogP contribution >= 0.6 is 0 Å². The second kappa shape index (κ2) is 11.7. The Balaban J connectivity index is 1.08. The van der Waals surface area contributed by atoms with Gasteiger partial charge in [-0.1, -0.05) is 31.4 Å². The monoisotopic (exact) mass is 540 g/mol. The number of carbonyl (C=O) groups is 2. The van der Waals surface area contributed by atoms with E-state index in [2.05, 4.69) is 14.8 Å². The first-order valence-electron chi connectivity index (χ1n) is 14.4. The van der Waals surface area contributed by atoms with Crippen molar-refractivity contribution in [3.63, 3.8) is 0 Å². The van der Waals surface area contributed by atoms with Gasteiger partial charge in [0, 0.05) is 24.7 Å². The molecule has 3 heterocycles. The van der Waals surface area contributed by atoms with Crippen molar-refractivity contribution in [3.8, 4) is 11.4 Å². The number of carboxylic acid groups (broad SMARTS) is 1. The Bertz CT molecular complexity index is 1480. The largest absolute Gasteiger partial charge is 0.478 e. The van der Waals surface area contributed by atoms with Gasteiger partial charge in [-0.25, -0.2) is 9.78 Å². The van der Waals surface area contributed by atoms with Gasteiger partial charge in [-0.2, -0.15) is 0 Å². The lowest BCUT2D eigenvalue weighted by Crippen LogP contribution is -2.38. The van der Waals surface area contributed by atoms with E-state index in [-0.39, 0.29) is 5.91 Å². The van der Waals surface area contributed by atoms with Crippen molar-refractivity contribution in [2.45, 2.75) is 57.5 Å². The van der Waals surface area contributed by atoms with E-state index < -0.39 is 5.97 Å². The molecule has 2 aromatic carbocycles. The number of furan rings is 1. The number of hydrogen-bond donors (Lipinski definition) is 2. The molecule has 0 bridgehead atoms. The number of imidazole rings is 1. The van der Waals surface area contributed by atoms with Gasteiger partial charge in [-0.3, -0.25) is 9.69 Å². The number of benzene rings is 2. The number of fused-ring (bicyclic) bond motifs is 1. The van der Waals surface area contributed by atoms with E-state index in [9.17, 15) is 14.7 Å². The van der Waals surface area contributed by atoms with E-state index in [1.54, 1.807) is 30.7 Å². The molecule has 1 amide bonds. The molecular formula is C32H36N4O4. The lowest BCUT2D eigenvalue weighted by molar-refractivity contribution is 0.0696. The Morgan fingerprint density at radius 2 is 1.80 bits per heavy atom. The molecule has 8 nitrogen and oxygen atoms in total. The highest BCUT2D eigenvalue weighted by molar-refractivity contribution is 5.98. The summed E-state index contributed by atoms with van der Waals surface area (Å²) in [7, 11) is 0. The Morgan fingerprint density at radius 3 is 2.55 bits per heavy atom. The number of carbonyl (C=O) groups excluding carboxylic acids is 1. The molecule has 2 fully saturated rings. The third-order valence-corrected chi connectivity index (χ3v) is 8.51. The zero-order valence-corrected chi connectivity index (χ0v) is 22.7. The van der Waals surface area contributed by atoms with Crippen molar-refractivity contribution < 1.29 is 19.1 Å². The molecule has 1 aliphatic heterocycles. The summed E-state index contributed by atoms with van der Waals surface area (Å²) in [4.78, 5) is 31.7. The predicted molar refractivity (Wildman–Crippen MR) is 153 cm³/mol. The van der Waals surface area contributed by atoms with Crippen LogP contribution in [0.15, 0.2) is 65.5 Å². The van der Waals surface area contributed by atoms with Gasteiger partial charge < -0.3 is 19.4 Å². The van der Waals surface area contributed by atoms with Gasteiger partial charge in [0.1, 0.15) is 12.1 Å². The average molecular weight is 541 g/mol. The van der Waals surface area contributed by atoms with Crippen LogP contribution in [-0.2, 0) is 6.54 Å². The Hall–Kier alpha value is -3.91. The van der Waals surface area contributed by atoms with Gasteiger partial charge in [0.05, 0.1) is 28.4 Å². The molecule has 40 heavy (non-hydrogen) atoms. The van der Waals surface area contributed by atoms with E-state index in [4.69, 9.17) is 9.40 Å². The van der Waals surface area contributed by atoms with Crippen molar-refractivity contribution in [2.24, 2.45) is 5.92 Å². The molecule has 6 rings (SSSR count). The molecule has 2 aliphatic rings. The third-order valence-electron chi connectivity index (χ3n) is 8.51. The molecule has 8 heteroatoms. The van der Waals surface area contributed by atoms with Crippen molar-refractivity contribution in [2.75, 3.05) is 19.6 Å². The quantitative estimate of drug-likeness (QED) is 0.278. The standard InChI is InChI=1S/C32H36N4O4/c37-31(33-19-22-11-14-35(15-12-22)20-23-5-4-6-25(17-23)32(38)39)24-9-10-29-28(18-24)34-30(26-13-16-40-21-26)36(29)27-7-2-1-3-8-27/h4-6,9-10,13,16-18,21-22,27H,1-3,7-8,11-12,14-15,19-20H2,(H,33,37)(H,38,39). The van der Waals surface area contributed by atoms with Crippen LogP contribution in [0.3, 0.4) is 0 Å². The van der Waals surface area contributed by atoms with Crippen molar-refractivity contribution in [1.29, 1.82) is 0 Å². The molecule has 1 saturated carbocycles. The summed E-state index contributed by atoms with van der Waals surface area (Å²) in [6, 6.07) is 15.4. The fraction of sp³-hybridized carbons (Fsp3) is 0.406. The zero-order valence-electron chi connectivity index (χ0n) is 22.7. The summed E-state index contributed by atoms with van der Waals surface area (Å²) in [6.07, 6.45) is 11.5. The number of rotatable bonds is 8. The van der Waals surface area contributed by atoms with Crippen LogP contribution in [0.1, 0.15) is 77.3 Å². The number of nitrogens with one attached hydrogen (secondary N) is 1. The first kappa shape index (κ1) is 26.3. The molecular weight excluding hydrogens is 504 g/mol. The molecule has 0 radical (unpaired) electrons. The summed E-state index contributed by atoms with van der Waals surface area (Å²) >= 11 is 0. The number of piperidine rings is 1. The minimum atomic E-state index is -0.897. The summed E-state index contributed by atoms with van der Waals surface area (Å²) in [6.45, 7) is 3.25. The molecule has 208 valence electrons. The second-order valence-electron chi connectivity index (χ2n) is 11.2. The van der Waals surface area contributed by atoms with Gasteiger partial charge in [-0.05, 0) is 86.7 Å². The number of aromatic nitrogens is 2. The van der Waals surface area contributed by atoms with E-state index in [0.29, 0.717) is 29.6 Å². The zero-order chi connectivity index (χ0) is 27.5. The third kappa shape index (κ3) is 5.68. The Morgan fingerprint density at radius 1 is 0.975 bits per heavy atom. The first-order valence-corrected chi connectivity index (χ1v) is 14.4. The Labute approximate surface area is 234 Å².